The Bertz CT molecular complexity index is 873. The summed E-state index contributed by atoms with van der Waals surface area (Å²) in [5, 5.41) is 11.6. The van der Waals surface area contributed by atoms with Crippen LogP contribution in [0.3, 0.4) is 0 Å². The molecule has 0 spiro atoms. The fourth-order valence-corrected chi connectivity index (χ4v) is 3.41. The van der Waals surface area contributed by atoms with Gasteiger partial charge in [0, 0.05) is 24.3 Å². The number of amides is 2. The Balaban J connectivity index is 1.65. The maximum atomic E-state index is 12.7. The highest BCUT2D eigenvalue weighted by Crippen LogP contribution is 2.23. The van der Waals surface area contributed by atoms with Crippen LogP contribution in [0, 0.1) is 0 Å². The number of carbonyl (C=O) groups excluding carboxylic acids is 2. The molecule has 2 amide bonds. The zero-order valence-corrected chi connectivity index (χ0v) is 15.7. The molecule has 1 aromatic heterocycles. The lowest BCUT2D eigenvalue weighted by atomic mass is 9.94. The van der Waals surface area contributed by atoms with Crippen LogP contribution in [-0.2, 0) is 0 Å². The Kier molecular flexibility index (Phi) is 6.03. The van der Waals surface area contributed by atoms with Gasteiger partial charge in [0.15, 0.2) is 0 Å². The molecule has 3 rings (SSSR count). The molecule has 1 aromatic carbocycles. The van der Waals surface area contributed by atoms with Gasteiger partial charge in [-0.3, -0.25) is 9.59 Å². The highest BCUT2D eigenvalue weighted by atomic mass is 16.4. The van der Waals surface area contributed by atoms with Crippen molar-refractivity contribution in [2.75, 3.05) is 12.4 Å². The van der Waals surface area contributed by atoms with Crippen molar-refractivity contribution in [2.24, 2.45) is 0 Å². The van der Waals surface area contributed by atoms with Crippen molar-refractivity contribution >= 4 is 23.5 Å². The van der Waals surface area contributed by atoms with Gasteiger partial charge in [-0.15, -0.1) is 0 Å². The fraction of sp³-hybridized carbons (Fsp3) is 0.333. The summed E-state index contributed by atoms with van der Waals surface area (Å²) in [5.41, 5.74) is 0.887. The number of aromatic nitrogens is 1. The topological polar surface area (TPSA) is 99.6 Å². The minimum Gasteiger partial charge on any atom is -0.477 e. The molecule has 28 heavy (non-hydrogen) atoms. The molecule has 1 heterocycles. The van der Waals surface area contributed by atoms with Crippen molar-refractivity contribution in [2.45, 2.75) is 38.1 Å². The molecular formula is C21H23N3O4. The first-order valence-electron chi connectivity index (χ1n) is 9.34. The first-order chi connectivity index (χ1) is 13.5. The third-order valence-corrected chi connectivity index (χ3v) is 5.03. The maximum absolute atomic E-state index is 12.7. The molecule has 146 valence electrons. The fourth-order valence-electron chi connectivity index (χ4n) is 3.41. The van der Waals surface area contributed by atoms with Gasteiger partial charge < -0.3 is 15.3 Å². The van der Waals surface area contributed by atoms with E-state index in [9.17, 15) is 14.4 Å². The highest BCUT2D eigenvalue weighted by molar-refractivity contribution is 6.03. The van der Waals surface area contributed by atoms with Gasteiger partial charge in [0.2, 0.25) is 0 Å². The number of anilines is 1. The van der Waals surface area contributed by atoms with E-state index in [1.165, 1.54) is 24.6 Å². The quantitative estimate of drug-likeness (QED) is 0.826. The molecule has 0 radical (unpaired) electrons. The summed E-state index contributed by atoms with van der Waals surface area (Å²) < 4.78 is 0. The zero-order chi connectivity index (χ0) is 20.1. The van der Waals surface area contributed by atoms with Gasteiger partial charge in [-0.05, 0) is 49.2 Å². The Morgan fingerprint density at radius 3 is 2.29 bits per heavy atom. The number of carbonyl (C=O) groups is 3. The van der Waals surface area contributed by atoms with E-state index in [1.807, 2.05) is 11.9 Å². The van der Waals surface area contributed by atoms with Crippen LogP contribution >= 0.6 is 0 Å². The molecule has 2 N–H and O–H groups in total. The minimum atomic E-state index is -1.19. The largest absolute Gasteiger partial charge is 0.477 e. The number of rotatable bonds is 5. The van der Waals surface area contributed by atoms with Crippen LogP contribution < -0.4 is 5.32 Å². The Hall–Kier alpha value is -3.22. The summed E-state index contributed by atoms with van der Waals surface area (Å²) in [4.78, 5) is 41.6. The van der Waals surface area contributed by atoms with Gasteiger partial charge in [0.25, 0.3) is 11.8 Å². The van der Waals surface area contributed by atoms with Gasteiger partial charge in [-0.25, -0.2) is 9.78 Å². The van der Waals surface area contributed by atoms with Crippen LogP contribution in [0.2, 0.25) is 0 Å². The number of hydrogen-bond acceptors (Lipinski definition) is 4. The first kappa shape index (κ1) is 19.5. The lowest BCUT2D eigenvalue weighted by Gasteiger charge is -2.31. The predicted octanol–water partition coefficient (Wildman–Crippen LogP) is 3.44. The molecule has 0 bridgehead atoms. The zero-order valence-electron chi connectivity index (χ0n) is 15.7. The highest BCUT2D eigenvalue weighted by Gasteiger charge is 2.23. The van der Waals surface area contributed by atoms with Crippen molar-refractivity contribution in [3.63, 3.8) is 0 Å². The summed E-state index contributed by atoms with van der Waals surface area (Å²) in [6.45, 7) is 0. The third kappa shape index (κ3) is 4.54. The summed E-state index contributed by atoms with van der Waals surface area (Å²) in [6, 6.07) is 11.2. The molecule has 0 saturated heterocycles. The van der Waals surface area contributed by atoms with E-state index in [0.717, 1.165) is 25.7 Å². The van der Waals surface area contributed by atoms with Crippen LogP contribution in [0.5, 0.6) is 0 Å². The van der Waals surface area contributed by atoms with E-state index in [1.54, 1.807) is 24.3 Å². The first-order valence-corrected chi connectivity index (χ1v) is 9.34. The molecular weight excluding hydrogens is 358 g/mol. The lowest BCUT2D eigenvalue weighted by Crippen LogP contribution is -2.38. The second-order valence-electron chi connectivity index (χ2n) is 6.95. The summed E-state index contributed by atoms with van der Waals surface area (Å²) in [7, 11) is 1.84. The van der Waals surface area contributed by atoms with E-state index in [-0.39, 0.29) is 23.3 Å². The van der Waals surface area contributed by atoms with Gasteiger partial charge >= 0.3 is 5.97 Å². The Morgan fingerprint density at radius 1 is 1.00 bits per heavy atom. The molecule has 1 saturated carbocycles. The molecule has 0 unspecified atom stereocenters. The number of nitrogens with one attached hydrogen (secondary N) is 1. The normalized spacial score (nSPS) is 14.3. The third-order valence-electron chi connectivity index (χ3n) is 5.03. The number of hydrogen-bond donors (Lipinski definition) is 2. The second-order valence-corrected chi connectivity index (χ2v) is 6.95. The number of aromatic carboxylic acids is 1. The number of pyridine rings is 1. The van der Waals surface area contributed by atoms with Gasteiger partial charge in [-0.2, -0.15) is 0 Å². The van der Waals surface area contributed by atoms with Crippen molar-refractivity contribution in [1.29, 1.82) is 0 Å². The molecule has 7 heteroatoms. The van der Waals surface area contributed by atoms with Crippen LogP contribution in [-0.4, -0.2) is 45.9 Å². The van der Waals surface area contributed by atoms with Crippen molar-refractivity contribution in [3.05, 3.63) is 59.4 Å². The molecule has 1 aliphatic rings. The van der Waals surface area contributed by atoms with Crippen molar-refractivity contribution in [3.8, 4) is 0 Å². The monoisotopic (exact) mass is 381 g/mol. The average Bonchev–Trinajstić information content (AvgIpc) is 2.74. The second kappa shape index (κ2) is 8.65. The lowest BCUT2D eigenvalue weighted by molar-refractivity contribution is 0.0684. The number of benzene rings is 1. The Morgan fingerprint density at radius 2 is 1.64 bits per heavy atom. The molecule has 1 fully saturated rings. The van der Waals surface area contributed by atoms with Crippen molar-refractivity contribution in [1.82, 2.24) is 9.88 Å². The average molecular weight is 381 g/mol. The minimum absolute atomic E-state index is 0.0112. The maximum Gasteiger partial charge on any atom is 0.354 e. The van der Waals surface area contributed by atoms with Crippen LogP contribution in [0.4, 0.5) is 5.69 Å². The number of carboxylic acids is 1. The standard InChI is InChI=1S/C21H23N3O4/c1-24(16-6-3-2-4-7-16)20(26)14-10-12-15(13-11-14)22-19(25)17-8-5-9-18(23-17)21(27)28/h5,8-13,16H,2-4,6-7H2,1H3,(H,22,25)(H,27,28). The SMILES string of the molecule is CN(C(=O)c1ccc(NC(=O)c2cccc(C(=O)O)n2)cc1)C1CCCCC1. The number of carboxylic acid groups (broad SMARTS) is 1. The van der Waals surface area contributed by atoms with Crippen LogP contribution in [0.25, 0.3) is 0 Å². The molecule has 1 aliphatic carbocycles. The molecule has 0 atom stereocenters. The smallest absolute Gasteiger partial charge is 0.354 e. The van der Waals surface area contributed by atoms with Gasteiger partial charge in [0.05, 0.1) is 0 Å². The van der Waals surface area contributed by atoms with E-state index >= 15 is 0 Å². The van der Waals surface area contributed by atoms with Gasteiger partial charge in [-0.1, -0.05) is 25.3 Å². The van der Waals surface area contributed by atoms with E-state index in [4.69, 9.17) is 5.11 Å². The van der Waals surface area contributed by atoms with Crippen molar-refractivity contribution < 1.29 is 19.5 Å². The van der Waals surface area contributed by atoms with Crippen LogP contribution in [0.1, 0.15) is 63.4 Å². The summed E-state index contributed by atoms with van der Waals surface area (Å²) in [6.07, 6.45) is 5.63. The van der Waals surface area contributed by atoms with E-state index in [2.05, 4.69) is 10.3 Å². The van der Waals surface area contributed by atoms with Gasteiger partial charge in [0.1, 0.15) is 11.4 Å². The molecule has 0 aliphatic heterocycles. The molecule has 2 aromatic rings. The summed E-state index contributed by atoms with van der Waals surface area (Å²) >= 11 is 0. The predicted molar refractivity (Wildman–Crippen MR) is 105 cm³/mol. The molecule has 7 nitrogen and oxygen atoms in total. The van der Waals surface area contributed by atoms with E-state index in [0.29, 0.717) is 11.3 Å². The van der Waals surface area contributed by atoms with E-state index < -0.39 is 11.9 Å². The number of nitrogens with zero attached hydrogens (tertiary/aromatic N) is 2. The van der Waals surface area contributed by atoms with Crippen LogP contribution in [0.15, 0.2) is 42.5 Å². The summed E-state index contributed by atoms with van der Waals surface area (Å²) in [5.74, 6) is -1.73. The Labute approximate surface area is 163 Å².